The molecule has 0 aliphatic carbocycles. The summed E-state index contributed by atoms with van der Waals surface area (Å²) in [4.78, 5) is 6.12. The molecule has 0 fully saturated rings. The zero-order valence-corrected chi connectivity index (χ0v) is 12.0. The van der Waals surface area contributed by atoms with E-state index >= 15 is 0 Å². The van der Waals surface area contributed by atoms with Crippen molar-refractivity contribution in [2.75, 3.05) is 0 Å². The molecule has 1 aliphatic rings. The molecule has 3 aromatic rings. The fourth-order valence-corrected chi connectivity index (χ4v) is 3.49. The van der Waals surface area contributed by atoms with Crippen LogP contribution in [0.3, 0.4) is 0 Å². The fraction of sp³-hybridized carbons (Fsp3) is 0.118. The zero-order chi connectivity index (χ0) is 13.5. The minimum absolute atomic E-state index is 0.933. The van der Waals surface area contributed by atoms with Crippen LogP contribution >= 0.6 is 11.8 Å². The van der Waals surface area contributed by atoms with Crippen molar-refractivity contribution >= 4 is 11.8 Å². The molecule has 2 aromatic carbocycles. The monoisotopic (exact) mass is 278 g/mol. The third-order valence-electron chi connectivity index (χ3n) is 3.61. The maximum atomic E-state index is 4.79. The zero-order valence-electron chi connectivity index (χ0n) is 11.2. The highest BCUT2D eigenvalue weighted by Gasteiger charge is 2.18. The molecule has 98 valence electrons. The maximum Gasteiger partial charge on any atom is 0.124 e. The fourth-order valence-electron chi connectivity index (χ4n) is 2.51. The van der Waals surface area contributed by atoms with Gasteiger partial charge in [0.1, 0.15) is 5.82 Å². The van der Waals surface area contributed by atoms with Crippen LogP contribution in [-0.2, 0) is 5.75 Å². The number of aromatic nitrogens is 2. The number of nitrogens with zero attached hydrogens (tertiary/aromatic N) is 2. The highest BCUT2D eigenvalue weighted by Crippen LogP contribution is 2.36. The van der Waals surface area contributed by atoms with Crippen molar-refractivity contribution in [1.82, 2.24) is 9.55 Å². The van der Waals surface area contributed by atoms with E-state index in [1.807, 2.05) is 11.8 Å². The highest BCUT2D eigenvalue weighted by atomic mass is 32.2. The van der Waals surface area contributed by atoms with Gasteiger partial charge >= 0.3 is 0 Å². The number of hydrogen-bond donors (Lipinski definition) is 0. The second-order valence-electron chi connectivity index (χ2n) is 5.03. The number of hydrogen-bond acceptors (Lipinski definition) is 2. The quantitative estimate of drug-likeness (QED) is 0.654. The molecule has 20 heavy (non-hydrogen) atoms. The molecule has 0 N–H and O–H groups in total. The summed E-state index contributed by atoms with van der Waals surface area (Å²) in [6, 6.07) is 17.1. The van der Waals surface area contributed by atoms with E-state index in [4.69, 9.17) is 4.98 Å². The minimum Gasteiger partial charge on any atom is -0.301 e. The first-order valence-electron chi connectivity index (χ1n) is 6.69. The van der Waals surface area contributed by atoms with Crippen molar-refractivity contribution in [1.29, 1.82) is 0 Å². The molecule has 3 heteroatoms. The summed E-state index contributed by atoms with van der Waals surface area (Å²) in [6.45, 7) is 2.11. The summed E-state index contributed by atoms with van der Waals surface area (Å²) in [6.07, 6.45) is 2.15. The Morgan fingerprint density at radius 2 is 1.85 bits per heavy atom. The molecule has 4 rings (SSSR count). The average molecular weight is 278 g/mol. The van der Waals surface area contributed by atoms with E-state index in [1.54, 1.807) is 0 Å². The van der Waals surface area contributed by atoms with Crippen molar-refractivity contribution in [3.05, 3.63) is 66.1 Å². The number of thioether (sulfide) groups is 1. The lowest BCUT2D eigenvalue weighted by Crippen LogP contribution is -2.04. The highest BCUT2D eigenvalue weighted by molar-refractivity contribution is 7.98. The van der Waals surface area contributed by atoms with Crippen LogP contribution < -0.4 is 0 Å². The van der Waals surface area contributed by atoms with Crippen LogP contribution in [0, 0.1) is 6.92 Å². The number of benzene rings is 2. The van der Waals surface area contributed by atoms with Crippen LogP contribution in [0.2, 0.25) is 0 Å². The minimum atomic E-state index is 0.933. The predicted molar refractivity (Wildman–Crippen MR) is 83.3 cm³/mol. The van der Waals surface area contributed by atoms with Crippen LogP contribution in [0.1, 0.15) is 11.4 Å². The Kier molecular flexibility index (Phi) is 2.67. The Morgan fingerprint density at radius 1 is 1.05 bits per heavy atom. The first kappa shape index (κ1) is 11.8. The van der Waals surface area contributed by atoms with Crippen molar-refractivity contribution in [2.45, 2.75) is 17.6 Å². The number of imidazole rings is 1. The van der Waals surface area contributed by atoms with E-state index in [1.165, 1.54) is 21.7 Å². The lowest BCUT2D eigenvalue weighted by molar-refractivity contribution is 0.922. The van der Waals surface area contributed by atoms with Gasteiger partial charge in [0.05, 0.1) is 17.1 Å². The van der Waals surface area contributed by atoms with Gasteiger partial charge in [-0.25, -0.2) is 4.98 Å². The van der Waals surface area contributed by atoms with Crippen LogP contribution in [0.5, 0.6) is 0 Å². The molecule has 1 aliphatic heterocycles. The molecular weight excluding hydrogens is 264 g/mol. The van der Waals surface area contributed by atoms with Crippen molar-refractivity contribution in [2.24, 2.45) is 0 Å². The normalized spacial score (nSPS) is 12.8. The van der Waals surface area contributed by atoms with Gasteiger partial charge in [0.2, 0.25) is 0 Å². The molecule has 0 saturated carbocycles. The first-order valence-corrected chi connectivity index (χ1v) is 7.67. The van der Waals surface area contributed by atoms with E-state index in [0.29, 0.717) is 0 Å². The van der Waals surface area contributed by atoms with Gasteiger partial charge in [0.15, 0.2) is 0 Å². The smallest absolute Gasteiger partial charge is 0.124 e. The summed E-state index contributed by atoms with van der Waals surface area (Å²) < 4.78 is 2.22. The first-order chi connectivity index (χ1) is 9.81. The van der Waals surface area contributed by atoms with E-state index in [9.17, 15) is 0 Å². The summed E-state index contributed by atoms with van der Waals surface area (Å²) in [5.41, 5.74) is 4.75. The molecule has 0 amide bonds. The number of rotatable bonds is 1. The maximum absolute atomic E-state index is 4.79. The predicted octanol–water partition coefficient (Wildman–Crippen LogP) is 4.45. The molecule has 0 bridgehead atoms. The van der Waals surface area contributed by atoms with Crippen molar-refractivity contribution in [3.8, 4) is 16.9 Å². The molecular formula is C17H14N2S. The van der Waals surface area contributed by atoms with E-state index in [0.717, 1.165) is 17.3 Å². The summed E-state index contributed by atoms with van der Waals surface area (Å²) in [7, 11) is 0. The van der Waals surface area contributed by atoms with Gasteiger partial charge in [-0.2, -0.15) is 0 Å². The number of para-hydroxylation sites is 1. The molecule has 0 spiro atoms. The van der Waals surface area contributed by atoms with E-state index in [-0.39, 0.29) is 0 Å². The molecule has 0 radical (unpaired) electrons. The van der Waals surface area contributed by atoms with Gasteiger partial charge in [-0.3, -0.25) is 0 Å². The third-order valence-corrected chi connectivity index (χ3v) is 4.67. The van der Waals surface area contributed by atoms with Gasteiger partial charge in [0, 0.05) is 16.7 Å². The molecule has 0 unspecified atom stereocenters. The Balaban J connectivity index is 1.84. The second kappa shape index (κ2) is 4.53. The molecule has 2 heterocycles. The number of fused-ring (bicyclic) bond motifs is 3. The van der Waals surface area contributed by atoms with Gasteiger partial charge < -0.3 is 4.57 Å². The molecule has 2 nitrogen and oxygen atoms in total. The largest absolute Gasteiger partial charge is 0.301 e. The van der Waals surface area contributed by atoms with E-state index in [2.05, 4.69) is 66.2 Å². The topological polar surface area (TPSA) is 17.8 Å². The van der Waals surface area contributed by atoms with Crippen LogP contribution in [0.4, 0.5) is 0 Å². The van der Waals surface area contributed by atoms with Crippen LogP contribution in [0.15, 0.2) is 59.6 Å². The summed E-state index contributed by atoms with van der Waals surface area (Å²) in [5.74, 6) is 2.06. The van der Waals surface area contributed by atoms with Crippen molar-refractivity contribution in [3.63, 3.8) is 0 Å². The molecule has 0 atom stereocenters. The Morgan fingerprint density at radius 3 is 2.70 bits per heavy atom. The summed E-state index contributed by atoms with van der Waals surface area (Å²) >= 11 is 1.86. The SMILES string of the molecule is Cc1ccc(-c2cn3c(n2)CSc2ccccc2-3)cc1. The Labute approximate surface area is 122 Å². The molecule has 0 saturated heterocycles. The third kappa shape index (κ3) is 1.86. The van der Waals surface area contributed by atoms with Gasteiger partial charge in [-0.05, 0) is 19.1 Å². The summed E-state index contributed by atoms with van der Waals surface area (Å²) in [5, 5.41) is 0. The van der Waals surface area contributed by atoms with Crippen LogP contribution in [-0.4, -0.2) is 9.55 Å². The average Bonchev–Trinajstić information content (AvgIpc) is 2.92. The lowest BCUT2D eigenvalue weighted by atomic mass is 10.1. The Bertz CT molecular complexity index is 772. The Hall–Kier alpha value is -2.00. The standard InChI is InChI=1S/C17H14N2S/c1-12-6-8-13(9-7-12)14-10-19-15-4-2-3-5-16(15)20-11-17(19)18-14/h2-10H,11H2,1H3. The van der Waals surface area contributed by atoms with Crippen molar-refractivity contribution < 1.29 is 0 Å². The number of aryl methyl sites for hydroxylation is 1. The van der Waals surface area contributed by atoms with Gasteiger partial charge in [0.25, 0.3) is 0 Å². The molecule has 1 aromatic heterocycles. The lowest BCUT2D eigenvalue weighted by Gasteiger charge is -2.16. The van der Waals surface area contributed by atoms with Crippen LogP contribution in [0.25, 0.3) is 16.9 Å². The van der Waals surface area contributed by atoms with Gasteiger partial charge in [-0.1, -0.05) is 42.0 Å². The second-order valence-corrected chi connectivity index (χ2v) is 6.05. The van der Waals surface area contributed by atoms with Gasteiger partial charge in [-0.15, -0.1) is 11.8 Å². The van der Waals surface area contributed by atoms with E-state index < -0.39 is 0 Å².